The number of hydrogen-bond donors (Lipinski definition) is 1. The van der Waals surface area contributed by atoms with Crippen LogP contribution in [0.25, 0.3) is 11.2 Å². The second-order valence-corrected chi connectivity index (χ2v) is 3.72. The lowest BCUT2D eigenvalue weighted by molar-refractivity contribution is 0.496. The van der Waals surface area contributed by atoms with Crippen molar-refractivity contribution in [2.24, 2.45) is 0 Å². The Morgan fingerprint density at radius 3 is 3.13 bits per heavy atom. The fourth-order valence-electron chi connectivity index (χ4n) is 1.48. The number of fused-ring (bicyclic) bond motifs is 1. The van der Waals surface area contributed by atoms with E-state index in [4.69, 9.17) is 4.42 Å². The van der Waals surface area contributed by atoms with Crippen LogP contribution in [0.5, 0.6) is 0 Å². The van der Waals surface area contributed by atoms with Gasteiger partial charge in [-0.25, -0.2) is 9.78 Å². The van der Waals surface area contributed by atoms with E-state index < -0.39 is 0 Å². The molecule has 0 spiro atoms. The van der Waals surface area contributed by atoms with Crippen LogP contribution in [0.15, 0.2) is 27.5 Å². The van der Waals surface area contributed by atoms with E-state index in [9.17, 15) is 4.79 Å². The van der Waals surface area contributed by atoms with Gasteiger partial charge in [-0.15, -0.1) is 0 Å². The molecule has 0 aliphatic heterocycles. The van der Waals surface area contributed by atoms with E-state index in [0.717, 1.165) is 18.6 Å². The quantitative estimate of drug-likeness (QED) is 0.635. The summed E-state index contributed by atoms with van der Waals surface area (Å²) in [6.45, 7) is 0.642. The van der Waals surface area contributed by atoms with Gasteiger partial charge in [0.1, 0.15) is 0 Å². The van der Waals surface area contributed by atoms with E-state index in [-0.39, 0.29) is 5.76 Å². The molecule has 15 heavy (non-hydrogen) atoms. The zero-order valence-corrected chi connectivity index (χ0v) is 9.11. The summed E-state index contributed by atoms with van der Waals surface area (Å²) in [4.78, 5) is 15.6. The predicted molar refractivity (Wildman–Crippen MR) is 61.4 cm³/mol. The predicted octanol–water partition coefficient (Wildman–Crippen LogP) is 1.70. The molecular weight excluding hydrogens is 212 g/mol. The molecule has 0 aromatic carbocycles. The van der Waals surface area contributed by atoms with Crippen molar-refractivity contribution < 1.29 is 4.42 Å². The Kier molecular flexibility index (Phi) is 3.11. The first-order valence-electron chi connectivity index (χ1n) is 4.88. The zero-order valence-electron chi connectivity index (χ0n) is 8.22. The van der Waals surface area contributed by atoms with Crippen molar-refractivity contribution >= 4 is 23.9 Å². The fourth-order valence-corrected chi connectivity index (χ4v) is 1.70. The molecule has 0 atom stereocenters. The SMILES string of the molecule is O=c1oc2cccnc2n1CCCCS. The molecular formula is C10H12N2O2S. The Balaban J connectivity index is 2.33. The number of aromatic nitrogens is 2. The Hall–Kier alpha value is -1.23. The van der Waals surface area contributed by atoms with Gasteiger partial charge in [0.25, 0.3) is 0 Å². The number of hydrogen-bond acceptors (Lipinski definition) is 4. The van der Waals surface area contributed by atoms with Gasteiger partial charge in [-0.3, -0.25) is 4.57 Å². The highest BCUT2D eigenvalue weighted by Crippen LogP contribution is 2.09. The van der Waals surface area contributed by atoms with Crippen molar-refractivity contribution in [3.63, 3.8) is 0 Å². The van der Waals surface area contributed by atoms with Crippen LogP contribution in [0.1, 0.15) is 12.8 Å². The monoisotopic (exact) mass is 224 g/mol. The first kappa shape index (κ1) is 10.3. The lowest BCUT2D eigenvalue weighted by atomic mass is 10.3. The van der Waals surface area contributed by atoms with Crippen LogP contribution in [-0.2, 0) is 6.54 Å². The molecule has 2 aromatic heterocycles. The molecule has 4 nitrogen and oxygen atoms in total. The van der Waals surface area contributed by atoms with Crippen molar-refractivity contribution in [1.29, 1.82) is 0 Å². The molecule has 2 aromatic rings. The summed E-state index contributed by atoms with van der Waals surface area (Å²) >= 11 is 4.12. The third kappa shape index (κ3) is 2.07. The minimum atomic E-state index is -0.331. The average molecular weight is 224 g/mol. The van der Waals surface area contributed by atoms with Crippen molar-refractivity contribution in [3.05, 3.63) is 28.9 Å². The maximum absolute atomic E-state index is 11.5. The zero-order chi connectivity index (χ0) is 10.7. The van der Waals surface area contributed by atoms with Crippen LogP contribution in [0, 0.1) is 0 Å². The molecule has 80 valence electrons. The normalized spacial score (nSPS) is 11.0. The van der Waals surface area contributed by atoms with E-state index in [2.05, 4.69) is 17.6 Å². The minimum Gasteiger partial charge on any atom is -0.406 e. The van der Waals surface area contributed by atoms with Gasteiger partial charge in [-0.2, -0.15) is 12.6 Å². The Morgan fingerprint density at radius 1 is 1.47 bits per heavy atom. The number of nitrogens with zero attached hydrogens (tertiary/aromatic N) is 2. The van der Waals surface area contributed by atoms with Gasteiger partial charge in [0, 0.05) is 12.7 Å². The van der Waals surface area contributed by atoms with Crippen LogP contribution in [0.3, 0.4) is 0 Å². The standard InChI is InChI=1S/C10H12N2O2S/c13-10-12(6-1-2-7-15)9-8(14-10)4-3-5-11-9/h3-5,15H,1-2,6-7H2. The second-order valence-electron chi connectivity index (χ2n) is 3.28. The highest BCUT2D eigenvalue weighted by Gasteiger charge is 2.08. The molecule has 0 bridgehead atoms. The number of rotatable bonds is 4. The van der Waals surface area contributed by atoms with Gasteiger partial charge in [-0.05, 0) is 30.7 Å². The summed E-state index contributed by atoms with van der Waals surface area (Å²) in [6.07, 6.45) is 3.55. The summed E-state index contributed by atoms with van der Waals surface area (Å²) in [7, 11) is 0. The van der Waals surface area contributed by atoms with E-state index in [1.54, 1.807) is 22.9 Å². The molecule has 0 fully saturated rings. The van der Waals surface area contributed by atoms with Crippen LogP contribution in [0.4, 0.5) is 0 Å². The van der Waals surface area contributed by atoms with Crippen molar-refractivity contribution in [3.8, 4) is 0 Å². The average Bonchev–Trinajstić information content (AvgIpc) is 2.56. The molecule has 0 unspecified atom stereocenters. The van der Waals surface area contributed by atoms with E-state index in [0.29, 0.717) is 17.8 Å². The van der Waals surface area contributed by atoms with Gasteiger partial charge in [0.15, 0.2) is 11.2 Å². The van der Waals surface area contributed by atoms with Gasteiger partial charge in [0.2, 0.25) is 0 Å². The first-order chi connectivity index (χ1) is 7.33. The van der Waals surface area contributed by atoms with Crippen LogP contribution < -0.4 is 5.76 Å². The Labute approximate surface area is 92.3 Å². The van der Waals surface area contributed by atoms with Crippen molar-refractivity contribution in [2.75, 3.05) is 5.75 Å². The van der Waals surface area contributed by atoms with Crippen molar-refractivity contribution in [2.45, 2.75) is 19.4 Å². The number of aryl methyl sites for hydroxylation is 1. The summed E-state index contributed by atoms with van der Waals surface area (Å²) in [6, 6.07) is 3.50. The number of unbranched alkanes of at least 4 members (excludes halogenated alkanes) is 1. The number of oxazole rings is 1. The van der Waals surface area contributed by atoms with E-state index in [1.165, 1.54) is 0 Å². The van der Waals surface area contributed by atoms with Crippen LogP contribution in [0.2, 0.25) is 0 Å². The van der Waals surface area contributed by atoms with E-state index >= 15 is 0 Å². The van der Waals surface area contributed by atoms with Gasteiger partial charge >= 0.3 is 5.76 Å². The van der Waals surface area contributed by atoms with Gasteiger partial charge < -0.3 is 4.42 Å². The molecule has 2 heterocycles. The van der Waals surface area contributed by atoms with Crippen molar-refractivity contribution in [1.82, 2.24) is 9.55 Å². The van der Waals surface area contributed by atoms with Gasteiger partial charge in [0.05, 0.1) is 0 Å². The molecule has 5 heteroatoms. The third-order valence-electron chi connectivity index (χ3n) is 2.21. The maximum Gasteiger partial charge on any atom is 0.421 e. The lowest BCUT2D eigenvalue weighted by Crippen LogP contribution is -2.14. The summed E-state index contributed by atoms with van der Waals surface area (Å²) < 4.78 is 6.62. The highest BCUT2D eigenvalue weighted by molar-refractivity contribution is 7.80. The van der Waals surface area contributed by atoms with Crippen LogP contribution >= 0.6 is 12.6 Å². The third-order valence-corrected chi connectivity index (χ3v) is 2.53. The van der Waals surface area contributed by atoms with Crippen LogP contribution in [-0.4, -0.2) is 15.3 Å². The molecule has 0 saturated carbocycles. The molecule has 0 saturated heterocycles. The summed E-state index contributed by atoms with van der Waals surface area (Å²) in [5, 5.41) is 0. The minimum absolute atomic E-state index is 0.331. The Morgan fingerprint density at radius 2 is 2.33 bits per heavy atom. The molecule has 0 N–H and O–H groups in total. The maximum atomic E-state index is 11.5. The summed E-state index contributed by atoms with van der Waals surface area (Å²) in [5.74, 6) is 0.501. The number of thiol groups is 1. The van der Waals surface area contributed by atoms with Gasteiger partial charge in [-0.1, -0.05) is 0 Å². The number of pyridine rings is 1. The molecule has 2 rings (SSSR count). The largest absolute Gasteiger partial charge is 0.421 e. The smallest absolute Gasteiger partial charge is 0.406 e. The molecule has 0 radical (unpaired) electrons. The molecule has 0 amide bonds. The highest BCUT2D eigenvalue weighted by atomic mass is 32.1. The van der Waals surface area contributed by atoms with E-state index in [1.807, 2.05) is 0 Å². The Bertz CT molecular complexity index is 503. The lowest BCUT2D eigenvalue weighted by Gasteiger charge is -1.99. The molecule has 0 aliphatic carbocycles. The fraction of sp³-hybridized carbons (Fsp3) is 0.400. The molecule has 0 aliphatic rings. The summed E-state index contributed by atoms with van der Waals surface area (Å²) in [5.41, 5.74) is 1.18. The second kappa shape index (κ2) is 4.53. The topological polar surface area (TPSA) is 48.0 Å². The first-order valence-corrected chi connectivity index (χ1v) is 5.51.